The SMILES string of the molecule is CCOC1(c2nc(-c3cc(CC)ccn3)no2)CCCC1. The van der Waals surface area contributed by atoms with Gasteiger partial charge in [-0.1, -0.05) is 12.1 Å². The summed E-state index contributed by atoms with van der Waals surface area (Å²) in [5, 5.41) is 4.11. The Bertz CT molecular complexity index is 603. The summed E-state index contributed by atoms with van der Waals surface area (Å²) in [4.78, 5) is 8.90. The number of nitrogens with zero attached hydrogens (tertiary/aromatic N) is 3. The van der Waals surface area contributed by atoms with Gasteiger partial charge in [-0.15, -0.1) is 0 Å². The second-order valence-electron chi connectivity index (χ2n) is 5.46. The molecule has 0 radical (unpaired) electrons. The molecule has 0 unspecified atom stereocenters. The highest BCUT2D eigenvalue weighted by Gasteiger charge is 2.41. The van der Waals surface area contributed by atoms with E-state index in [1.807, 2.05) is 19.1 Å². The molecule has 0 amide bonds. The van der Waals surface area contributed by atoms with Gasteiger partial charge in [0.2, 0.25) is 5.82 Å². The van der Waals surface area contributed by atoms with Crippen molar-refractivity contribution in [3.05, 3.63) is 29.8 Å². The van der Waals surface area contributed by atoms with Crippen LogP contribution in [0.1, 0.15) is 51.0 Å². The molecule has 1 aliphatic rings. The molecular formula is C16H21N3O2. The van der Waals surface area contributed by atoms with Crippen molar-refractivity contribution in [1.29, 1.82) is 0 Å². The maximum absolute atomic E-state index is 5.95. The largest absolute Gasteiger partial charge is 0.365 e. The van der Waals surface area contributed by atoms with Crippen molar-refractivity contribution in [1.82, 2.24) is 15.1 Å². The van der Waals surface area contributed by atoms with Gasteiger partial charge < -0.3 is 9.26 Å². The minimum absolute atomic E-state index is 0.387. The zero-order chi connectivity index (χ0) is 14.7. The third kappa shape index (κ3) is 2.70. The molecule has 2 heterocycles. The molecule has 1 aliphatic carbocycles. The third-order valence-electron chi connectivity index (χ3n) is 4.11. The molecule has 5 heteroatoms. The minimum Gasteiger partial charge on any atom is -0.365 e. The Hall–Kier alpha value is -1.75. The predicted octanol–water partition coefficient (Wildman–Crippen LogP) is 3.50. The fourth-order valence-electron chi connectivity index (χ4n) is 2.97. The lowest BCUT2D eigenvalue weighted by atomic mass is 10.0. The van der Waals surface area contributed by atoms with Crippen molar-refractivity contribution in [2.24, 2.45) is 0 Å². The number of aryl methyl sites for hydroxylation is 1. The van der Waals surface area contributed by atoms with Crippen molar-refractivity contribution in [3.63, 3.8) is 0 Å². The summed E-state index contributed by atoms with van der Waals surface area (Å²) in [6, 6.07) is 4.01. The fourth-order valence-corrected chi connectivity index (χ4v) is 2.97. The number of pyridine rings is 1. The zero-order valence-corrected chi connectivity index (χ0v) is 12.6. The lowest BCUT2D eigenvalue weighted by Gasteiger charge is -2.24. The third-order valence-corrected chi connectivity index (χ3v) is 4.11. The molecule has 2 aromatic rings. The summed E-state index contributed by atoms with van der Waals surface area (Å²) in [6.07, 6.45) is 6.93. The molecule has 0 bridgehead atoms. The summed E-state index contributed by atoms with van der Waals surface area (Å²) in [6.45, 7) is 4.77. The van der Waals surface area contributed by atoms with E-state index in [-0.39, 0.29) is 5.60 Å². The molecule has 0 atom stereocenters. The summed E-state index contributed by atoms with van der Waals surface area (Å²) in [7, 11) is 0. The van der Waals surface area contributed by atoms with Gasteiger partial charge >= 0.3 is 0 Å². The Morgan fingerprint density at radius 1 is 1.29 bits per heavy atom. The van der Waals surface area contributed by atoms with Gasteiger partial charge in [-0.05, 0) is 56.7 Å². The van der Waals surface area contributed by atoms with E-state index in [9.17, 15) is 0 Å². The van der Waals surface area contributed by atoms with Crippen LogP contribution < -0.4 is 0 Å². The number of rotatable bonds is 5. The molecule has 0 aliphatic heterocycles. The molecular weight excluding hydrogens is 266 g/mol. The first kappa shape index (κ1) is 14.2. The number of hydrogen-bond donors (Lipinski definition) is 0. The van der Waals surface area contributed by atoms with Crippen molar-refractivity contribution >= 4 is 0 Å². The Kier molecular flexibility index (Phi) is 4.01. The van der Waals surface area contributed by atoms with E-state index in [1.165, 1.54) is 5.56 Å². The van der Waals surface area contributed by atoms with Crippen molar-refractivity contribution in [2.75, 3.05) is 6.61 Å². The van der Waals surface area contributed by atoms with Crippen LogP contribution in [0.2, 0.25) is 0 Å². The maximum Gasteiger partial charge on any atom is 0.259 e. The van der Waals surface area contributed by atoms with Gasteiger partial charge in [-0.25, -0.2) is 0 Å². The zero-order valence-electron chi connectivity index (χ0n) is 12.6. The number of aromatic nitrogens is 3. The smallest absolute Gasteiger partial charge is 0.259 e. The second kappa shape index (κ2) is 5.93. The van der Waals surface area contributed by atoms with Crippen LogP contribution in [0.3, 0.4) is 0 Å². The van der Waals surface area contributed by atoms with Crippen molar-refractivity contribution in [3.8, 4) is 11.5 Å². The molecule has 0 saturated heterocycles. The fraction of sp³-hybridized carbons (Fsp3) is 0.562. The average Bonchev–Trinajstić information content (AvgIpc) is 3.17. The van der Waals surface area contributed by atoms with E-state index in [0.29, 0.717) is 18.3 Å². The molecule has 1 saturated carbocycles. The van der Waals surface area contributed by atoms with Crippen LogP contribution >= 0.6 is 0 Å². The van der Waals surface area contributed by atoms with E-state index in [4.69, 9.17) is 9.26 Å². The molecule has 0 spiro atoms. The quantitative estimate of drug-likeness (QED) is 0.842. The summed E-state index contributed by atoms with van der Waals surface area (Å²) in [5.74, 6) is 1.15. The lowest BCUT2D eigenvalue weighted by Crippen LogP contribution is -2.26. The summed E-state index contributed by atoms with van der Waals surface area (Å²) < 4.78 is 11.5. The highest BCUT2D eigenvalue weighted by Crippen LogP contribution is 2.41. The second-order valence-corrected chi connectivity index (χ2v) is 5.46. The number of hydrogen-bond acceptors (Lipinski definition) is 5. The molecule has 112 valence electrons. The first-order valence-corrected chi connectivity index (χ1v) is 7.71. The average molecular weight is 287 g/mol. The molecule has 3 rings (SSSR count). The van der Waals surface area contributed by atoms with Gasteiger partial charge in [0.05, 0.1) is 0 Å². The molecule has 21 heavy (non-hydrogen) atoms. The van der Waals surface area contributed by atoms with E-state index < -0.39 is 0 Å². The van der Waals surface area contributed by atoms with E-state index in [1.54, 1.807) is 6.20 Å². The van der Waals surface area contributed by atoms with Gasteiger partial charge in [0.1, 0.15) is 11.3 Å². The Balaban J connectivity index is 1.91. The predicted molar refractivity (Wildman–Crippen MR) is 78.7 cm³/mol. The first-order chi connectivity index (χ1) is 10.3. The molecule has 0 N–H and O–H groups in total. The summed E-state index contributed by atoms with van der Waals surface area (Å²) in [5.41, 5.74) is 1.59. The van der Waals surface area contributed by atoms with Crippen LogP contribution in [-0.4, -0.2) is 21.7 Å². The van der Waals surface area contributed by atoms with Crippen molar-refractivity contribution < 1.29 is 9.26 Å². The lowest BCUT2D eigenvalue weighted by molar-refractivity contribution is -0.0610. The Labute approximate surface area is 124 Å². The van der Waals surface area contributed by atoms with Crippen LogP contribution in [0, 0.1) is 0 Å². The normalized spacial score (nSPS) is 17.2. The highest BCUT2D eigenvalue weighted by molar-refractivity contribution is 5.49. The molecule has 5 nitrogen and oxygen atoms in total. The standard InChI is InChI=1S/C16H21N3O2/c1-3-12-7-10-17-13(11-12)14-18-15(21-19-14)16(20-4-2)8-5-6-9-16/h7,10-11H,3-6,8-9H2,1-2H3. The molecule has 2 aromatic heterocycles. The maximum atomic E-state index is 5.95. The van der Waals surface area contributed by atoms with E-state index in [2.05, 4.69) is 22.0 Å². The molecule has 0 aromatic carbocycles. The van der Waals surface area contributed by atoms with Gasteiger partial charge in [0, 0.05) is 12.8 Å². The first-order valence-electron chi connectivity index (χ1n) is 7.71. The minimum atomic E-state index is -0.387. The van der Waals surface area contributed by atoms with Crippen LogP contribution in [0.5, 0.6) is 0 Å². The van der Waals surface area contributed by atoms with Gasteiger partial charge in [0.25, 0.3) is 5.89 Å². The summed E-state index contributed by atoms with van der Waals surface area (Å²) >= 11 is 0. The number of ether oxygens (including phenoxy) is 1. The monoisotopic (exact) mass is 287 g/mol. The highest BCUT2D eigenvalue weighted by atomic mass is 16.5. The topological polar surface area (TPSA) is 61.0 Å². The van der Waals surface area contributed by atoms with Gasteiger partial charge in [-0.2, -0.15) is 4.98 Å². The van der Waals surface area contributed by atoms with Crippen LogP contribution in [-0.2, 0) is 16.8 Å². The van der Waals surface area contributed by atoms with E-state index in [0.717, 1.165) is 37.8 Å². The Morgan fingerprint density at radius 2 is 2.10 bits per heavy atom. The van der Waals surface area contributed by atoms with Crippen LogP contribution in [0.25, 0.3) is 11.5 Å². The van der Waals surface area contributed by atoms with Crippen molar-refractivity contribution in [2.45, 2.75) is 51.6 Å². The van der Waals surface area contributed by atoms with Gasteiger partial charge in [-0.3, -0.25) is 4.98 Å². The van der Waals surface area contributed by atoms with Gasteiger partial charge in [0.15, 0.2) is 0 Å². The van der Waals surface area contributed by atoms with E-state index >= 15 is 0 Å². The van der Waals surface area contributed by atoms with Crippen LogP contribution in [0.15, 0.2) is 22.9 Å². The van der Waals surface area contributed by atoms with Crippen LogP contribution in [0.4, 0.5) is 0 Å². The molecule has 1 fully saturated rings. The Morgan fingerprint density at radius 3 is 2.81 bits per heavy atom.